The quantitative estimate of drug-likeness (QED) is 0.745. The van der Waals surface area contributed by atoms with Crippen LogP contribution in [0.3, 0.4) is 0 Å². The predicted octanol–water partition coefficient (Wildman–Crippen LogP) is 2.08. The minimum absolute atomic E-state index is 0.157. The fourth-order valence-electron chi connectivity index (χ4n) is 2.13. The van der Waals surface area contributed by atoms with E-state index in [0.29, 0.717) is 5.69 Å². The average Bonchev–Trinajstić information content (AvgIpc) is 2.53. The highest BCUT2D eigenvalue weighted by molar-refractivity contribution is 7.91. The molecule has 0 aliphatic rings. The predicted molar refractivity (Wildman–Crippen MR) is 92.6 cm³/mol. The maximum atomic E-state index is 11.9. The standard InChI is InChI=1S/C17H20N2O4S/c1-13-3-2-4-15(11-13)19-17(21)18-12-14-5-7-16(8-6-14)24(22,23)10-9-20/h2-8,11,20H,9-10,12H2,1H3,(H2,18,19,21). The Morgan fingerprint density at radius 1 is 1.12 bits per heavy atom. The summed E-state index contributed by atoms with van der Waals surface area (Å²) in [4.78, 5) is 12.0. The zero-order valence-electron chi connectivity index (χ0n) is 13.3. The van der Waals surface area contributed by atoms with Gasteiger partial charge >= 0.3 is 6.03 Å². The van der Waals surface area contributed by atoms with Crippen LogP contribution < -0.4 is 10.6 Å². The van der Waals surface area contributed by atoms with E-state index in [9.17, 15) is 13.2 Å². The van der Waals surface area contributed by atoms with Crippen LogP contribution in [0.4, 0.5) is 10.5 Å². The summed E-state index contributed by atoms with van der Waals surface area (Å²) in [6, 6.07) is 13.3. The van der Waals surface area contributed by atoms with E-state index in [-0.39, 0.29) is 23.2 Å². The number of urea groups is 1. The molecule has 24 heavy (non-hydrogen) atoms. The molecular formula is C17H20N2O4S. The van der Waals surface area contributed by atoms with Crippen molar-refractivity contribution in [3.8, 4) is 0 Å². The second kappa shape index (κ2) is 7.94. The maximum absolute atomic E-state index is 11.9. The number of amides is 2. The van der Waals surface area contributed by atoms with Gasteiger partial charge in [0.25, 0.3) is 0 Å². The molecule has 7 heteroatoms. The Morgan fingerprint density at radius 2 is 1.83 bits per heavy atom. The summed E-state index contributed by atoms with van der Waals surface area (Å²) < 4.78 is 23.6. The van der Waals surface area contributed by atoms with Gasteiger partial charge in [0.15, 0.2) is 9.84 Å². The lowest BCUT2D eigenvalue weighted by molar-refractivity contribution is 0.251. The monoisotopic (exact) mass is 348 g/mol. The normalized spacial score (nSPS) is 11.1. The molecule has 0 spiro atoms. The molecule has 2 rings (SSSR count). The number of carbonyl (C=O) groups is 1. The molecule has 2 amide bonds. The van der Waals surface area contributed by atoms with E-state index in [0.717, 1.165) is 11.1 Å². The van der Waals surface area contributed by atoms with Gasteiger partial charge in [-0.15, -0.1) is 0 Å². The van der Waals surface area contributed by atoms with Crippen molar-refractivity contribution in [3.05, 3.63) is 59.7 Å². The Bertz CT molecular complexity index is 802. The number of aliphatic hydroxyl groups is 1. The van der Waals surface area contributed by atoms with Crippen LogP contribution in [0.25, 0.3) is 0 Å². The average molecular weight is 348 g/mol. The van der Waals surface area contributed by atoms with Gasteiger partial charge in [0, 0.05) is 12.2 Å². The van der Waals surface area contributed by atoms with E-state index in [2.05, 4.69) is 10.6 Å². The second-order valence-corrected chi connectivity index (χ2v) is 7.47. The molecule has 6 nitrogen and oxygen atoms in total. The lowest BCUT2D eigenvalue weighted by Crippen LogP contribution is -2.28. The van der Waals surface area contributed by atoms with Crippen molar-refractivity contribution in [2.75, 3.05) is 17.7 Å². The fraction of sp³-hybridized carbons (Fsp3) is 0.235. The molecule has 0 fully saturated rings. The second-order valence-electron chi connectivity index (χ2n) is 5.36. The number of aliphatic hydroxyl groups excluding tert-OH is 1. The third-order valence-electron chi connectivity index (χ3n) is 3.37. The van der Waals surface area contributed by atoms with Gasteiger partial charge in [-0.05, 0) is 42.3 Å². The highest BCUT2D eigenvalue weighted by atomic mass is 32.2. The van der Waals surface area contributed by atoms with E-state index in [1.165, 1.54) is 12.1 Å². The van der Waals surface area contributed by atoms with Gasteiger partial charge < -0.3 is 15.7 Å². The fourth-order valence-corrected chi connectivity index (χ4v) is 3.16. The molecule has 0 aromatic heterocycles. The molecule has 0 heterocycles. The first kappa shape index (κ1) is 18.0. The van der Waals surface area contributed by atoms with E-state index < -0.39 is 16.4 Å². The summed E-state index contributed by atoms with van der Waals surface area (Å²) in [5.41, 5.74) is 2.53. The smallest absolute Gasteiger partial charge is 0.319 e. The van der Waals surface area contributed by atoms with Crippen molar-refractivity contribution in [1.82, 2.24) is 5.32 Å². The van der Waals surface area contributed by atoms with Crippen molar-refractivity contribution in [2.24, 2.45) is 0 Å². The van der Waals surface area contributed by atoms with Crippen molar-refractivity contribution in [3.63, 3.8) is 0 Å². The lowest BCUT2D eigenvalue weighted by Gasteiger charge is -2.09. The summed E-state index contributed by atoms with van der Waals surface area (Å²) in [5, 5.41) is 14.2. The first-order chi connectivity index (χ1) is 11.4. The minimum atomic E-state index is -3.45. The topological polar surface area (TPSA) is 95.5 Å². The van der Waals surface area contributed by atoms with Crippen LogP contribution in [0.5, 0.6) is 0 Å². The number of nitrogens with one attached hydrogen (secondary N) is 2. The van der Waals surface area contributed by atoms with Crippen LogP contribution in [-0.2, 0) is 16.4 Å². The summed E-state index contributed by atoms with van der Waals surface area (Å²) in [6.07, 6.45) is 0. The summed E-state index contributed by atoms with van der Waals surface area (Å²) in [6.45, 7) is 1.80. The number of sulfone groups is 1. The maximum Gasteiger partial charge on any atom is 0.319 e. The lowest BCUT2D eigenvalue weighted by atomic mass is 10.2. The highest BCUT2D eigenvalue weighted by Crippen LogP contribution is 2.13. The third kappa shape index (κ3) is 5.07. The van der Waals surface area contributed by atoms with Gasteiger partial charge in [-0.2, -0.15) is 0 Å². The molecule has 2 aromatic carbocycles. The third-order valence-corrected chi connectivity index (χ3v) is 5.08. The van der Waals surface area contributed by atoms with Gasteiger partial charge in [-0.25, -0.2) is 13.2 Å². The molecule has 0 saturated heterocycles. The van der Waals surface area contributed by atoms with Crippen LogP contribution in [0.2, 0.25) is 0 Å². The number of anilines is 1. The summed E-state index contributed by atoms with van der Waals surface area (Å²) in [7, 11) is -3.45. The zero-order chi connectivity index (χ0) is 17.6. The number of benzene rings is 2. The Kier molecular flexibility index (Phi) is 5.94. The number of hydrogen-bond donors (Lipinski definition) is 3. The summed E-state index contributed by atoms with van der Waals surface area (Å²) >= 11 is 0. The molecule has 0 aliphatic heterocycles. The van der Waals surface area contributed by atoms with Crippen LogP contribution in [0, 0.1) is 6.92 Å². The minimum Gasteiger partial charge on any atom is -0.395 e. The van der Waals surface area contributed by atoms with Crippen molar-refractivity contribution >= 4 is 21.6 Å². The zero-order valence-corrected chi connectivity index (χ0v) is 14.1. The van der Waals surface area contributed by atoms with Crippen molar-refractivity contribution in [1.29, 1.82) is 0 Å². The van der Waals surface area contributed by atoms with Gasteiger partial charge in [-0.3, -0.25) is 0 Å². The molecule has 0 unspecified atom stereocenters. The SMILES string of the molecule is Cc1cccc(NC(=O)NCc2ccc(S(=O)(=O)CCO)cc2)c1. The molecule has 0 aliphatic carbocycles. The number of carbonyl (C=O) groups excluding carboxylic acids is 1. The van der Waals surface area contributed by atoms with Gasteiger partial charge in [0.1, 0.15) is 0 Å². The molecule has 0 bridgehead atoms. The highest BCUT2D eigenvalue weighted by Gasteiger charge is 2.13. The Hall–Kier alpha value is -2.38. The van der Waals surface area contributed by atoms with Gasteiger partial charge in [-0.1, -0.05) is 24.3 Å². The number of rotatable bonds is 6. The molecule has 0 atom stereocenters. The van der Waals surface area contributed by atoms with Crippen LogP contribution in [-0.4, -0.2) is 31.9 Å². The molecular weight excluding hydrogens is 328 g/mol. The van der Waals surface area contributed by atoms with Crippen LogP contribution in [0.15, 0.2) is 53.4 Å². The number of aryl methyl sites for hydroxylation is 1. The van der Waals surface area contributed by atoms with Gasteiger partial charge in [0.2, 0.25) is 0 Å². The van der Waals surface area contributed by atoms with Crippen LogP contribution in [0.1, 0.15) is 11.1 Å². The first-order valence-electron chi connectivity index (χ1n) is 7.45. The Balaban J connectivity index is 1.91. The summed E-state index contributed by atoms with van der Waals surface area (Å²) in [5.74, 6) is -0.302. The van der Waals surface area contributed by atoms with Crippen molar-refractivity contribution in [2.45, 2.75) is 18.4 Å². The molecule has 0 radical (unpaired) electrons. The molecule has 128 valence electrons. The van der Waals surface area contributed by atoms with Crippen LogP contribution >= 0.6 is 0 Å². The molecule has 3 N–H and O–H groups in total. The van der Waals surface area contributed by atoms with Gasteiger partial charge in [0.05, 0.1) is 17.3 Å². The van der Waals surface area contributed by atoms with E-state index in [1.54, 1.807) is 18.2 Å². The Morgan fingerprint density at radius 3 is 2.46 bits per heavy atom. The van der Waals surface area contributed by atoms with Crippen molar-refractivity contribution < 1.29 is 18.3 Å². The largest absolute Gasteiger partial charge is 0.395 e. The van der Waals surface area contributed by atoms with E-state index in [1.807, 2.05) is 25.1 Å². The van der Waals surface area contributed by atoms with E-state index >= 15 is 0 Å². The Labute approximate surface area is 141 Å². The molecule has 0 saturated carbocycles. The number of hydrogen-bond acceptors (Lipinski definition) is 4. The van der Waals surface area contributed by atoms with E-state index in [4.69, 9.17) is 5.11 Å². The molecule has 2 aromatic rings. The first-order valence-corrected chi connectivity index (χ1v) is 9.10.